The molecule has 1 aliphatic heterocycles. The van der Waals surface area contributed by atoms with Crippen molar-refractivity contribution < 1.29 is 18.3 Å². The number of methoxy groups -OCH3 is 1. The van der Waals surface area contributed by atoms with Crippen LogP contribution in [0.3, 0.4) is 0 Å². The van der Waals surface area contributed by atoms with Crippen LogP contribution in [0.1, 0.15) is 12.0 Å². The van der Waals surface area contributed by atoms with Crippen LogP contribution in [-0.2, 0) is 6.54 Å². The maximum Gasteiger partial charge on any atom is 0.387 e. The van der Waals surface area contributed by atoms with E-state index in [1.807, 2.05) is 24.1 Å². The first kappa shape index (κ1) is 26.0. The molecule has 1 fully saturated rings. The average molecular weight is 560 g/mol. The maximum atomic E-state index is 12.3. The Morgan fingerprint density at radius 2 is 1.97 bits per heavy atom. The largest absolute Gasteiger partial charge is 0.497 e. The van der Waals surface area contributed by atoms with E-state index in [1.54, 1.807) is 38.4 Å². The number of alkyl halides is 2. The van der Waals surface area contributed by atoms with Crippen molar-refractivity contribution >= 4 is 35.6 Å². The Bertz CT molecular complexity index is 867. The number of ether oxygens (including phenoxy) is 2. The number of nitrogens with zero attached hydrogens (tertiary/aromatic N) is 3. The predicted molar refractivity (Wildman–Crippen MR) is 135 cm³/mol. The molecule has 6 nitrogen and oxygen atoms in total. The third kappa shape index (κ3) is 7.39. The second kappa shape index (κ2) is 12.7. The summed E-state index contributed by atoms with van der Waals surface area (Å²) in [5, 5.41) is 3.46. The molecule has 0 saturated carbocycles. The molecule has 1 aliphatic rings. The molecule has 0 radical (unpaired) electrons. The zero-order valence-electron chi connectivity index (χ0n) is 18.6. The molecule has 32 heavy (non-hydrogen) atoms. The van der Waals surface area contributed by atoms with Gasteiger partial charge >= 0.3 is 6.61 Å². The predicted octanol–water partition coefficient (Wildman–Crippen LogP) is 4.45. The molecule has 0 aromatic heterocycles. The van der Waals surface area contributed by atoms with Gasteiger partial charge in [0.1, 0.15) is 11.5 Å². The van der Waals surface area contributed by atoms with Gasteiger partial charge in [-0.3, -0.25) is 4.99 Å². The molecule has 1 unspecified atom stereocenters. The van der Waals surface area contributed by atoms with Gasteiger partial charge in [0.2, 0.25) is 0 Å². The summed E-state index contributed by atoms with van der Waals surface area (Å²) in [5.74, 6) is 2.34. The number of guanidine groups is 1. The number of rotatable bonds is 8. The van der Waals surface area contributed by atoms with E-state index in [2.05, 4.69) is 32.1 Å². The normalized spacial score (nSPS) is 16.0. The van der Waals surface area contributed by atoms with Crippen LogP contribution in [0.4, 0.5) is 14.5 Å². The molecule has 0 bridgehead atoms. The number of hydrogen-bond acceptors (Lipinski definition) is 4. The molecule has 0 amide bonds. The molecule has 2 aromatic carbocycles. The Labute approximate surface area is 205 Å². The van der Waals surface area contributed by atoms with Crippen LogP contribution in [0.2, 0.25) is 0 Å². The summed E-state index contributed by atoms with van der Waals surface area (Å²) in [7, 11) is 5.40. The van der Waals surface area contributed by atoms with Crippen molar-refractivity contribution in [2.24, 2.45) is 10.9 Å². The first-order chi connectivity index (χ1) is 15.0. The van der Waals surface area contributed by atoms with Gasteiger partial charge in [-0.25, -0.2) is 0 Å². The number of nitrogens with one attached hydrogen (secondary N) is 1. The fraction of sp³-hybridized carbons (Fsp3) is 0.435. The van der Waals surface area contributed by atoms with Gasteiger partial charge in [0, 0.05) is 52.0 Å². The van der Waals surface area contributed by atoms with E-state index < -0.39 is 6.61 Å². The Morgan fingerprint density at radius 3 is 2.62 bits per heavy atom. The number of benzene rings is 2. The van der Waals surface area contributed by atoms with Gasteiger partial charge in [-0.2, -0.15) is 8.78 Å². The van der Waals surface area contributed by atoms with E-state index in [1.165, 1.54) is 5.69 Å². The van der Waals surface area contributed by atoms with E-state index in [-0.39, 0.29) is 29.7 Å². The van der Waals surface area contributed by atoms with Gasteiger partial charge < -0.3 is 24.6 Å². The molecule has 1 saturated heterocycles. The molecular weight excluding hydrogens is 529 g/mol. The summed E-state index contributed by atoms with van der Waals surface area (Å²) < 4.78 is 34.3. The molecular formula is C23H31F2IN4O2. The van der Waals surface area contributed by atoms with Crippen molar-refractivity contribution in [2.45, 2.75) is 19.6 Å². The summed E-state index contributed by atoms with van der Waals surface area (Å²) >= 11 is 0. The zero-order chi connectivity index (χ0) is 22.2. The highest BCUT2D eigenvalue weighted by Gasteiger charge is 2.23. The zero-order valence-corrected chi connectivity index (χ0v) is 21.0. The molecule has 1 N–H and O–H groups in total. The lowest BCUT2D eigenvalue weighted by atomic mass is 10.1. The Kier molecular flexibility index (Phi) is 10.3. The second-order valence-corrected chi connectivity index (χ2v) is 7.61. The van der Waals surface area contributed by atoms with Crippen molar-refractivity contribution in [3.63, 3.8) is 0 Å². The van der Waals surface area contributed by atoms with Crippen LogP contribution in [0.5, 0.6) is 11.5 Å². The number of hydrogen-bond donors (Lipinski definition) is 1. The Morgan fingerprint density at radius 1 is 1.22 bits per heavy atom. The highest BCUT2D eigenvalue weighted by Crippen LogP contribution is 2.26. The fourth-order valence-electron chi connectivity index (χ4n) is 3.79. The molecule has 2 aromatic rings. The Balaban J connectivity index is 0.00000363. The standard InChI is InChI=1S/C23H30F2N4O2.HI/c1-26-23(28(2)15-17-7-9-20(10-8-17)31-22(24)25)27-14-18-11-12-29(16-18)19-5-4-6-21(13-19)30-3;/h4-10,13,18,22H,11-12,14-16H2,1-3H3,(H,26,27);1H. The molecule has 0 spiro atoms. The van der Waals surface area contributed by atoms with Gasteiger partial charge in [-0.15, -0.1) is 24.0 Å². The van der Waals surface area contributed by atoms with Crippen LogP contribution in [0.25, 0.3) is 0 Å². The number of anilines is 1. The van der Waals surface area contributed by atoms with Crippen LogP contribution in [0.15, 0.2) is 53.5 Å². The van der Waals surface area contributed by atoms with Crippen molar-refractivity contribution in [3.05, 3.63) is 54.1 Å². The van der Waals surface area contributed by atoms with Crippen LogP contribution < -0.4 is 19.7 Å². The van der Waals surface area contributed by atoms with E-state index in [4.69, 9.17) is 4.74 Å². The third-order valence-electron chi connectivity index (χ3n) is 5.39. The lowest BCUT2D eigenvalue weighted by Gasteiger charge is -2.24. The van der Waals surface area contributed by atoms with Crippen LogP contribution in [-0.4, -0.2) is 58.3 Å². The van der Waals surface area contributed by atoms with E-state index >= 15 is 0 Å². The van der Waals surface area contributed by atoms with Gasteiger partial charge in [-0.1, -0.05) is 18.2 Å². The van der Waals surface area contributed by atoms with Crippen LogP contribution in [0, 0.1) is 5.92 Å². The topological polar surface area (TPSA) is 49.3 Å². The molecule has 1 heterocycles. The van der Waals surface area contributed by atoms with Crippen molar-refractivity contribution in [3.8, 4) is 11.5 Å². The second-order valence-electron chi connectivity index (χ2n) is 7.61. The molecule has 176 valence electrons. The first-order valence-electron chi connectivity index (χ1n) is 10.3. The van der Waals surface area contributed by atoms with Gasteiger partial charge in [0.05, 0.1) is 7.11 Å². The molecule has 0 aliphatic carbocycles. The number of halogens is 3. The minimum atomic E-state index is -2.81. The van der Waals surface area contributed by atoms with Crippen molar-refractivity contribution in [1.29, 1.82) is 0 Å². The van der Waals surface area contributed by atoms with Gasteiger partial charge in [0.15, 0.2) is 5.96 Å². The summed E-state index contributed by atoms with van der Waals surface area (Å²) in [5.41, 5.74) is 2.17. The lowest BCUT2D eigenvalue weighted by Crippen LogP contribution is -2.41. The van der Waals surface area contributed by atoms with Crippen molar-refractivity contribution in [2.75, 3.05) is 45.7 Å². The molecule has 3 rings (SSSR count). The van der Waals surface area contributed by atoms with E-state index in [0.717, 1.165) is 43.3 Å². The van der Waals surface area contributed by atoms with Crippen molar-refractivity contribution in [1.82, 2.24) is 10.2 Å². The SMILES string of the molecule is CN=C(NCC1CCN(c2cccc(OC)c2)C1)N(C)Cc1ccc(OC(F)F)cc1.I. The fourth-order valence-corrected chi connectivity index (χ4v) is 3.79. The van der Waals surface area contributed by atoms with Gasteiger partial charge in [0.25, 0.3) is 0 Å². The minimum absolute atomic E-state index is 0. The minimum Gasteiger partial charge on any atom is -0.497 e. The molecule has 1 atom stereocenters. The van der Waals surface area contributed by atoms with Gasteiger partial charge in [-0.05, 0) is 42.2 Å². The van der Waals surface area contributed by atoms with E-state index in [0.29, 0.717) is 12.5 Å². The maximum absolute atomic E-state index is 12.3. The lowest BCUT2D eigenvalue weighted by molar-refractivity contribution is -0.0498. The highest BCUT2D eigenvalue weighted by atomic mass is 127. The molecule has 9 heteroatoms. The Hall–Kier alpha value is -2.30. The summed E-state index contributed by atoms with van der Waals surface area (Å²) in [6, 6.07) is 14.8. The number of aliphatic imine (C=N–C) groups is 1. The summed E-state index contributed by atoms with van der Waals surface area (Å²) in [6.45, 7) is 0.619. The first-order valence-corrected chi connectivity index (χ1v) is 10.3. The van der Waals surface area contributed by atoms with E-state index in [9.17, 15) is 8.78 Å². The smallest absolute Gasteiger partial charge is 0.387 e. The third-order valence-corrected chi connectivity index (χ3v) is 5.39. The quantitative estimate of drug-likeness (QED) is 0.294. The summed E-state index contributed by atoms with van der Waals surface area (Å²) in [4.78, 5) is 8.77. The van der Waals surface area contributed by atoms with Crippen LogP contribution >= 0.6 is 24.0 Å². The highest BCUT2D eigenvalue weighted by molar-refractivity contribution is 14.0. The average Bonchev–Trinajstić information content (AvgIpc) is 3.24. The monoisotopic (exact) mass is 560 g/mol. The summed E-state index contributed by atoms with van der Waals surface area (Å²) in [6.07, 6.45) is 1.11.